The molecule has 0 spiro atoms. The van der Waals surface area contributed by atoms with Gasteiger partial charge in [-0.2, -0.15) is 17.5 Å². The van der Waals surface area contributed by atoms with Gasteiger partial charge < -0.3 is 4.40 Å². The number of imidazole rings is 1. The fourth-order valence-corrected chi connectivity index (χ4v) is 6.76. The van der Waals surface area contributed by atoms with Gasteiger partial charge >= 0.3 is 6.18 Å². The van der Waals surface area contributed by atoms with Gasteiger partial charge in [-0.1, -0.05) is 54.1 Å². The van der Waals surface area contributed by atoms with Gasteiger partial charge in [0.2, 0.25) is 10.0 Å². The minimum atomic E-state index is -4.44. The van der Waals surface area contributed by atoms with E-state index in [0.717, 1.165) is 29.1 Å². The molecule has 3 aromatic carbocycles. The van der Waals surface area contributed by atoms with E-state index in [9.17, 15) is 21.6 Å². The van der Waals surface area contributed by atoms with Crippen LogP contribution >= 0.6 is 11.6 Å². The second-order valence-corrected chi connectivity index (χ2v) is 12.5. The summed E-state index contributed by atoms with van der Waals surface area (Å²) in [4.78, 5) is 7.25. The maximum atomic E-state index is 13.4. The molecule has 1 aliphatic rings. The van der Waals surface area contributed by atoms with Crippen molar-refractivity contribution < 1.29 is 21.6 Å². The quantitative estimate of drug-likeness (QED) is 0.211. The molecule has 1 fully saturated rings. The lowest BCUT2D eigenvalue weighted by molar-refractivity contribution is -0.137. The first-order chi connectivity index (χ1) is 20.1. The van der Waals surface area contributed by atoms with Crippen molar-refractivity contribution in [3.05, 3.63) is 113 Å². The number of halogens is 4. The summed E-state index contributed by atoms with van der Waals surface area (Å²) in [5, 5.41) is 0.470. The molecular formula is C31H26ClF3N4O2S. The third-order valence-corrected chi connectivity index (χ3v) is 9.61. The van der Waals surface area contributed by atoms with E-state index < -0.39 is 21.8 Å². The Balaban J connectivity index is 1.31. The number of fused-ring (bicyclic) bond motifs is 1. The zero-order valence-corrected chi connectivity index (χ0v) is 23.9. The third kappa shape index (κ3) is 5.67. The highest BCUT2D eigenvalue weighted by molar-refractivity contribution is 7.89. The Kier molecular flexibility index (Phi) is 7.57. The molecule has 11 heteroatoms. The molecular weight excluding hydrogens is 585 g/mol. The molecule has 6 rings (SSSR count). The van der Waals surface area contributed by atoms with Crippen LogP contribution in [0.3, 0.4) is 0 Å². The highest BCUT2D eigenvalue weighted by Crippen LogP contribution is 2.33. The number of piperazine rings is 1. The van der Waals surface area contributed by atoms with Gasteiger partial charge in [-0.25, -0.2) is 13.4 Å². The summed E-state index contributed by atoms with van der Waals surface area (Å²) in [7, 11) is -3.65. The lowest BCUT2D eigenvalue weighted by atomic mass is 10.0. The number of benzene rings is 3. The van der Waals surface area contributed by atoms with E-state index in [1.54, 1.807) is 24.3 Å². The smallest absolute Gasteiger partial charge is 0.301 e. The number of rotatable bonds is 6. The number of sulfonamides is 1. The highest BCUT2D eigenvalue weighted by Gasteiger charge is 2.31. The average molecular weight is 611 g/mol. The molecule has 0 N–H and O–H groups in total. The first-order valence-electron chi connectivity index (χ1n) is 13.3. The molecule has 5 aromatic rings. The van der Waals surface area contributed by atoms with E-state index in [1.807, 2.05) is 47.0 Å². The van der Waals surface area contributed by atoms with Crippen molar-refractivity contribution in [1.29, 1.82) is 0 Å². The molecule has 0 bridgehead atoms. The van der Waals surface area contributed by atoms with E-state index in [2.05, 4.69) is 4.90 Å². The first-order valence-corrected chi connectivity index (χ1v) is 15.1. The number of nitrogens with zero attached hydrogens (tertiary/aromatic N) is 4. The summed E-state index contributed by atoms with van der Waals surface area (Å²) in [5.41, 5.74) is 3.61. The second-order valence-electron chi connectivity index (χ2n) is 10.1. The van der Waals surface area contributed by atoms with Crippen LogP contribution in [-0.2, 0) is 22.7 Å². The Morgan fingerprint density at radius 3 is 2.17 bits per heavy atom. The molecule has 3 heterocycles. The summed E-state index contributed by atoms with van der Waals surface area (Å²) in [6.07, 6.45) is -2.62. The Hall–Kier alpha value is -3.70. The second kappa shape index (κ2) is 11.2. The van der Waals surface area contributed by atoms with E-state index in [1.165, 1.54) is 22.5 Å². The summed E-state index contributed by atoms with van der Waals surface area (Å²) >= 11 is 5.93. The monoisotopic (exact) mass is 610 g/mol. The van der Waals surface area contributed by atoms with Crippen LogP contribution in [0.15, 0.2) is 102 Å². The predicted molar refractivity (Wildman–Crippen MR) is 157 cm³/mol. The van der Waals surface area contributed by atoms with E-state index in [-0.39, 0.29) is 4.90 Å². The predicted octanol–water partition coefficient (Wildman–Crippen LogP) is 6.85. The number of alkyl halides is 3. The molecule has 0 aliphatic carbocycles. The van der Waals surface area contributed by atoms with Crippen LogP contribution < -0.4 is 0 Å². The molecule has 0 saturated carbocycles. The molecule has 0 atom stereocenters. The van der Waals surface area contributed by atoms with Crippen LogP contribution in [0.5, 0.6) is 0 Å². The van der Waals surface area contributed by atoms with Crippen molar-refractivity contribution in [2.75, 3.05) is 26.2 Å². The van der Waals surface area contributed by atoms with Gasteiger partial charge in [-0.15, -0.1) is 0 Å². The van der Waals surface area contributed by atoms with Crippen LogP contribution in [0, 0.1) is 0 Å². The first kappa shape index (κ1) is 28.4. The number of pyridine rings is 1. The Morgan fingerprint density at radius 2 is 1.48 bits per heavy atom. The van der Waals surface area contributed by atoms with E-state index in [0.29, 0.717) is 54.5 Å². The fourth-order valence-electron chi connectivity index (χ4n) is 5.21. The van der Waals surface area contributed by atoms with Gasteiger partial charge in [0.1, 0.15) is 5.65 Å². The van der Waals surface area contributed by atoms with Crippen molar-refractivity contribution >= 4 is 27.3 Å². The number of aromatic nitrogens is 2. The maximum Gasteiger partial charge on any atom is 0.416 e. The lowest BCUT2D eigenvalue weighted by Crippen LogP contribution is -2.48. The standard InChI is InChI=1S/C31H26ClF3N4O2S/c32-26-10-12-27(13-11-26)42(40,41)38-17-15-37(16-18-38)21-28-30(22-5-2-1-3-6-22)36-29-14-9-24(20-39(28)29)23-7-4-8-25(19-23)31(33,34)35/h1-14,19-20H,15-18,21H2. The molecule has 0 radical (unpaired) electrons. The topological polar surface area (TPSA) is 57.9 Å². The summed E-state index contributed by atoms with van der Waals surface area (Å²) in [6, 6.07) is 24.7. The molecule has 42 heavy (non-hydrogen) atoms. The van der Waals surface area contributed by atoms with Crippen LogP contribution in [0.1, 0.15) is 11.3 Å². The van der Waals surface area contributed by atoms with Gasteiger partial charge in [0, 0.05) is 49.5 Å². The number of hydrogen-bond acceptors (Lipinski definition) is 4. The fraction of sp³-hybridized carbons (Fsp3) is 0.194. The molecule has 1 saturated heterocycles. The van der Waals surface area contributed by atoms with Crippen LogP contribution in [0.2, 0.25) is 5.02 Å². The van der Waals surface area contributed by atoms with Crippen molar-refractivity contribution in [3.8, 4) is 22.4 Å². The van der Waals surface area contributed by atoms with Crippen LogP contribution in [0.25, 0.3) is 28.0 Å². The maximum absolute atomic E-state index is 13.4. The summed E-state index contributed by atoms with van der Waals surface area (Å²) in [5.74, 6) is 0. The van der Waals surface area contributed by atoms with Gasteiger partial charge in [0.05, 0.1) is 21.8 Å². The third-order valence-electron chi connectivity index (χ3n) is 7.44. The minimum absolute atomic E-state index is 0.204. The van der Waals surface area contributed by atoms with Gasteiger partial charge in [-0.3, -0.25) is 4.90 Å². The van der Waals surface area contributed by atoms with Gasteiger partial charge in [-0.05, 0) is 59.7 Å². The van der Waals surface area contributed by atoms with Crippen LogP contribution in [0.4, 0.5) is 13.2 Å². The van der Waals surface area contributed by atoms with Crippen molar-refractivity contribution in [2.45, 2.75) is 17.6 Å². The Morgan fingerprint density at radius 1 is 0.786 bits per heavy atom. The minimum Gasteiger partial charge on any atom is -0.301 e. The molecule has 1 aliphatic heterocycles. The van der Waals surface area contributed by atoms with Crippen molar-refractivity contribution in [2.24, 2.45) is 0 Å². The lowest BCUT2D eigenvalue weighted by Gasteiger charge is -2.34. The SMILES string of the molecule is O=S(=O)(c1ccc(Cl)cc1)N1CCN(Cc2c(-c3ccccc3)nc3ccc(-c4cccc(C(F)(F)F)c4)cn23)CC1. The van der Waals surface area contributed by atoms with Crippen molar-refractivity contribution in [3.63, 3.8) is 0 Å². The van der Waals surface area contributed by atoms with Crippen molar-refractivity contribution in [1.82, 2.24) is 18.6 Å². The molecule has 0 amide bonds. The molecule has 2 aromatic heterocycles. The van der Waals surface area contributed by atoms with Crippen LogP contribution in [-0.4, -0.2) is 53.2 Å². The van der Waals surface area contributed by atoms with Gasteiger partial charge in [0.25, 0.3) is 0 Å². The Bertz CT molecular complexity index is 1830. The Labute approximate surface area is 246 Å². The average Bonchev–Trinajstić information content (AvgIpc) is 3.35. The zero-order valence-electron chi connectivity index (χ0n) is 22.3. The zero-order chi connectivity index (χ0) is 29.5. The normalized spacial score (nSPS) is 15.3. The number of hydrogen-bond donors (Lipinski definition) is 0. The van der Waals surface area contributed by atoms with E-state index >= 15 is 0 Å². The summed E-state index contributed by atoms with van der Waals surface area (Å²) in [6.45, 7) is 2.12. The summed E-state index contributed by atoms with van der Waals surface area (Å²) < 4.78 is 69.9. The molecule has 216 valence electrons. The largest absolute Gasteiger partial charge is 0.416 e. The molecule has 0 unspecified atom stereocenters. The molecule has 6 nitrogen and oxygen atoms in total. The van der Waals surface area contributed by atoms with Gasteiger partial charge in [0.15, 0.2) is 0 Å². The van der Waals surface area contributed by atoms with E-state index in [4.69, 9.17) is 16.6 Å². The highest BCUT2D eigenvalue weighted by atomic mass is 35.5.